The molecular formula is C19H16N6O3. The number of benzene rings is 1. The number of nitrogen functional groups attached to an aromatic ring is 1. The van der Waals surface area contributed by atoms with E-state index >= 15 is 0 Å². The predicted molar refractivity (Wildman–Crippen MR) is 103 cm³/mol. The van der Waals surface area contributed by atoms with Gasteiger partial charge >= 0.3 is 0 Å². The lowest BCUT2D eigenvalue weighted by Crippen LogP contribution is -2.07. The summed E-state index contributed by atoms with van der Waals surface area (Å²) in [5, 5.41) is 10.6. The van der Waals surface area contributed by atoms with E-state index in [0.29, 0.717) is 46.8 Å². The summed E-state index contributed by atoms with van der Waals surface area (Å²) in [5.41, 5.74) is 13.0. The van der Waals surface area contributed by atoms with E-state index in [1.807, 2.05) is 6.92 Å². The van der Waals surface area contributed by atoms with Crippen LogP contribution in [0.3, 0.4) is 0 Å². The Balaban J connectivity index is 2.06. The smallest absolute Gasteiger partial charge is 0.223 e. The fraction of sp³-hybridized carbons (Fsp3) is 0.158. The maximum Gasteiger partial charge on any atom is 0.223 e. The molecule has 3 N–H and O–H groups in total. The summed E-state index contributed by atoms with van der Waals surface area (Å²) >= 11 is 0. The predicted octanol–water partition coefficient (Wildman–Crippen LogP) is 2.21. The van der Waals surface area contributed by atoms with Crippen molar-refractivity contribution in [3.63, 3.8) is 0 Å². The number of hydrogen-bond donors (Lipinski definition) is 2. The average molecular weight is 376 g/mol. The van der Waals surface area contributed by atoms with Crippen LogP contribution in [0.15, 0.2) is 46.9 Å². The van der Waals surface area contributed by atoms with E-state index in [0.717, 1.165) is 0 Å². The van der Waals surface area contributed by atoms with Gasteiger partial charge in [0.15, 0.2) is 22.8 Å². The molecule has 0 bridgehead atoms. The minimum Gasteiger partial charge on any atom is -0.506 e. The minimum atomic E-state index is -0.0333. The van der Waals surface area contributed by atoms with Crippen LogP contribution in [0.5, 0.6) is 11.5 Å². The quantitative estimate of drug-likeness (QED) is 0.670. The molecule has 9 heteroatoms. The second-order valence-electron chi connectivity index (χ2n) is 5.69. The number of aromatic nitrogens is 4. The molecule has 4 rings (SSSR count). The first-order chi connectivity index (χ1) is 13.6. The Hall–Kier alpha value is -4.06. The van der Waals surface area contributed by atoms with Gasteiger partial charge in [-0.2, -0.15) is 0 Å². The van der Waals surface area contributed by atoms with E-state index in [1.54, 1.807) is 22.8 Å². The summed E-state index contributed by atoms with van der Waals surface area (Å²) in [5.74, 6) is 1.29. The SMILES string of the molecule is CCOC1=NC(c2nc3ncc(N)nc3n2-c2c(O)cccc2OC)=C=C=C1. The number of phenolic OH excluding ortho intramolecular Hbond substituents is 1. The van der Waals surface area contributed by atoms with Crippen molar-refractivity contribution >= 4 is 28.7 Å². The summed E-state index contributed by atoms with van der Waals surface area (Å²) in [6.07, 6.45) is 2.99. The molecule has 0 atom stereocenters. The number of imidazole rings is 1. The molecule has 1 aliphatic heterocycles. The maximum atomic E-state index is 10.6. The Bertz CT molecular complexity index is 1210. The molecule has 1 aliphatic rings. The van der Waals surface area contributed by atoms with Crippen LogP contribution >= 0.6 is 0 Å². The van der Waals surface area contributed by atoms with Gasteiger partial charge in [0.25, 0.3) is 0 Å². The number of ether oxygens (including phenoxy) is 2. The van der Waals surface area contributed by atoms with Gasteiger partial charge in [0.1, 0.15) is 23.0 Å². The number of methoxy groups -OCH3 is 1. The fourth-order valence-electron chi connectivity index (χ4n) is 2.80. The van der Waals surface area contributed by atoms with Crippen LogP contribution in [-0.2, 0) is 4.74 Å². The molecule has 0 saturated heterocycles. The molecule has 0 aliphatic carbocycles. The van der Waals surface area contributed by atoms with Crippen LogP contribution in [-0.4, -0.2) is 44.2 Å². The molecular weight excluding hydrogens is 360 g/mol. The number of hydrogen-bond acceptors (Lipinski definition) is 8. The normalized spacial score (nSPS) is 12.8. The Kier molecular flexibility index (Phi) is 4.29. The lowest BCUT2D eigenvalue weighted by molar-refractivity contribution is 0.330. The number of aromatic hydroxyl groups is 1. The monoisotopic (exact) mass is 376 g/mol. The second-order valence-corrected chi connectivity index (χ2v) is 5.69. The van der Waals surface area contributed by atoms with Crippen molar-refractivity contribution in [1.29, 1.82) is 0 Å². The number of phenols is 1. The van der Waals surface area contributed by atoms with Crippen molar-refractivity contribution in [3.05, 3.63) is 47.8 Å². The third-order valence-corrected chi connectivity index (χ3v) is 3.92. The molecule has 3 heterocycles. The molecule has 0 spiro atoms. The molecule has 2 aromatic heterocycles. The van der Waals surface area contributed by atoms with E-state index in [4.69, 9.17) is 15.2 Å². The van der Waals surface area contributed by atoms with Crippen LogP contribution in [0.25, 0.3) is 22.7 Å². The summed E-state index contributed by atoms with van der Waals surface area (Å²) in [6.45, 7) is 2.31. The van der Waals surface area contributed by atoms with Crippen molar-refractivity contribution in [2.45, 2.75) is 6.92 Å². The third-order valence-electron chi connectivity index (χ3n) is 3.92. The van der Waals surface area contributed by atoms with E-state index in [-0.39, 0.29) is 11.6 Å². The first kappa shape index (κ1) is 17.4. The summed E-state index contributed by atoms with van der Waals surface area (Å²) in [7, 11) is 1.50. The number of rotatable bonds is 4. The van der Waals surface area contributed by atoms with Crippen molar-refractivity contribution < 1.29 is 14.6 Å². The number of nitrogens with two attached hydrogens (primary N) is 1. The lowest BCUT2D eigenvalue weighted by Gasteiger charge is -2.14. The molecule has 0 amide bonds. The number of anilines is 1. The molecule has 3 aromatic rings. The maximum absolute atomic E-state index is 10.6. The van der Waals surface area contributed by atoms with Gasteiger partial charge in [0.05, 0.1) is 26.0 Å². The molecule has 140 valence electrons. The van der Waals surface area contributed by atoms with E-state index in [9.17, 15) is 5.11 Å². The molecule has 1 aromatic carbocycles. The van der Waals surface area contributed by atoms with E-state index in [1.165, 1.54) is 19.4 Å². The van der Waals surface area contributed by atoms with Gasteiger partial charge in [0.2, 0.25) is 5.90 Å². The highest BCUT2D eigenvalue weighted by Gasteiger charge is 2.24. The number of nitrogens with zero attached hydrogens (tertiary/aromatic N) is 5. The topological polar surface area (TPSA) is 121 Å². The third kappa shape index (κ3) is 2.87. The zero-order chi connectivity index (χ0) is 19.7. The van der Waals surface area contributed by atoms with E-state index < -0.39 is 0 Å². The van der Waals surface area contributed by atoms with Gasteiger partial charge in [-0.25, -0.2) is 19.9 Å². The number of aliphatic imine (C=N–C) groups is 1. The lowest BCUT2D eigenvalue weighted by atomic mass is 10.2. The fourth-order valence-corrected chi connectivity index (χ4v) is 2.80. The summed E-state index contributed by atoms with van der Waals surface area (Å²) in [4.78, 5) is 17.5. The Morgan fingerprint density at radius 1 is 1.29 bits per heavy atom. The first-order valence-electron chi connectivity index (χ1n) is 8.43. The highest BCUT2D eigenvalue weighted by Crippen LogP contribution is 2.36. The Morgan fingerprint density at radius 3 is 2.93 bits per heavy atom. The Morgan fingerprint density at radius 2 is 2.14 bits per heavy atom. The number of para-hydroxylation sites is 1. The average Bonchev–Trinajstić information content (AvgIpc) is 3.06. The highest BCUT2D eigenvalue weighted by molar-refractivity contribution is 5.94. The molecule has 0 saturated carbocycles. The number of fused-ring (bicyclic) bond motifs is 1. The van der Waals surface area contributed by atoms with Crippen LogP contribution in [0.2, 0.25) is 0 Å². The van der Waals surface area contributed by atoms with E-state index in [2.05, 4.69) is 31.4 Å². The molecule has 0 fully saturated rings. The Labute approximate surface area is 159 Å². The zero-order valence-corrected chi connectivity index (χ0v) is 15.2. The first-order valence-corrected chi connectivity index (χ1v) is 8.43. The van der Waals surface area contributed by atoms with Gasteiger partial charge in [-0.15, -0.1) is 0 Å². The van der Waals surface area contributed by atoms with Crippen molar-refractivity contribution in [1.82, 2.24) is 19.5 Å². The highest BCUT2D eigenvalue weighted by atomic mass is 16.5. The molecule has 9 nitrogen and oxygen atoms in total. The largest absolute Gasteiger partial charge is 0.506 e. The van der Waals surface area contributed by atoms with Gasteiger partial charge in [-0.3, -0.25) is 4.57 Å². The molecule has 0 radical (unpaired) electrons. The zero-order valence-electron chi connectivity index (χ0n) is 15.2. The molecule has 28 heavy (non-hydrogen) atoms. The van der Waals surface area contributed by atoms with Gasteiger partial charge in [0, 0.05) is 0 Å². The summed E-state index contributed by atoms with van der Waals surface area (Å²) in [6, 6.07) is 4.92. The molecule has 0 unspecified atom stereocenters. The van der Waals surface area contributed by atoms with Gasteiger partial charge in [-0.05, 0) is 24.8 Å². The van der Waals surface area contributed by atoms with Crippen molar-refractivity contribution in [2.24, 2.45) is 4.99 Å². The van der Waals surface area contributed by atoms with Gasteiger partial charge < -0.3 is 20.3 Å². The van der Waals surface area contributed by atoms with Crippen molar-refractivity contribution in [3.8, 4) is 17.2 Å². The van der Waals surface area contributed by atoms with Crippen LogP contribution in [0.4, 0.5) is 5.82 Å². The van der Waals surface area contributed by atoms with Crippen LogP contribution in [0.1, 0.15) is 12.7 Å². The second kappa shape index (κ2) is 6.92. The van der Waals surface area contributed by atoms with Crippen LogP contribution in [0, 0.1) is 0 Å². The van der Waals surface area contributed by atoms with Crippen molar-refractivity contribution in [2.75, 3.05) is 19.5 Å². The summed E-state index contributed by atoms with van der Waals surface area (Å²) < 4.78 is 12.5. The standard InChI is InChI=1S/C19H16N6O3/c1-3-28-15-9-4-6-11(22-15)18-24-17-19(23-14(20)10-21-17)25(18)16-12(26)7-5-8-13(16)27-2/h5,7-10,26H,3H2,1-2H3,(H2,20,23). The van der Waals surface area contributed by atoms with Gasteiger partial charge in [-0.1, -0.05) is 11.8 Å². The minimum absolute atomic E-state index is 0.0333. The van der Waals surface area contributed by atoms with Crippen LogP contribution < -0.4 is 10.5 Å².